The third-order valence-electron chi connectivity index (χ3n) is 3.47. The normalized spacial score (nSPS) is 12.5. The van der Waals surface area contributed by atoms with Crippen molar-refractivity contribution in [2.75, 3.05) is 5.01 Å². The average molecular weight is 329 g/mol. The highest BCUT2D eigenvalue weighted by Crippen LogP contribution is 2.33. The molecule has 0 aromatic heterocycles. The Balaban J connectivity index is 2.62. The number of nitrogens with zero attached hydrogens (tertiary/aromatic N) is 2. The summed E-state index contributed by atoms with van der Waals surface area (Å²) in [5.41, 5.74) is 2.50. The Hall–Kier alpha value is -1.37. The largest absolute Gasteiger partial charge is 0.287 e. The molecule has 0 heterocycles. The highest BCUT2D eigenvalue weighted by Gasteiger charge is 2.39. The zero-order chi connectivity index (χ0) is 16.4. The molecule has 0 aliphatic heterocycles. The Morgan fingerprint density at radius 3 is 1.14 bits per heavy atom. The molecule has 0 amide bonds. The second-order valence-electron chi connectivity index (χ2n) is 7.64. The van der Waals surface area contributed by atoms with Crippen molar-refractivity contribution in [3.8, 4) is 0 Å². The molecule has 0 fully saturated rings. The molecule has 2 rings (SSSR count). The molecule has 2 aromatic carbocycles. The summed E-state index contributed by atoms with van der Waals surface area (Å²) < 4.78 is 2.73. The van der Waals surface area contributed by atoms with Crippen LogP contribution in [0.15, 0.2) is 60.7 Å². The van der Waals surface area contributed by atoms with Gasteiger partial charge in [-0.05, 0) is 24.3 Å². The minimum Gasteiger partial charge on any atom is -0.287 e. The van der Waals surface area contributed by atoms with E-state index >= 15 is 0 Å². The lowest BCUT2D eigenvalue weighted by Gasteiger charge is -2.51. The lowest BCUT2D eigenvalue weighted by molar-refractivity contribution is 0.629. The van der Waals surface area contributed by atoms with E-state index in [1.54, 1.807) is 0 Å². The molecule has 0 atom stereocenters. The van der Waals surface area contributed by atoms with E-state index < -0.39 is 16.5 Å². The first-order chi connectivity index (χ1) is 10.2. The molecule has 2 aromatic rings. The first kappa shape index (κ1) is 17.0. The van der Waals surface area contributed by atoms with Gasteiger partial charge in [-0.2, -0.15) is 0 Å². The molecule has 0 saturated carbocycles. The zero-order valence-corrected chi connectivity index (χ0v) is 16.7. The van der Waals surface area contributed by atoms with Gasteiger partial charge in [-0.3, -0.25) is 9.35 Å². The first-order valence-electron chi connectivity index (χ1n) is 7.92. The summed E-state index contributed by atoms with van der Waals surface area (Å²) in [5.74, 6) is 0. The number of para-hydroxylation sites is 2. The summed E-state index contributed by atoms with van der Waals surface area (Å²) in [6.07, 6.45) is 0. The molecular weight excluding hydrogens is 300 g/mol. The third kappa shape index (κ3) is 3.88. The summed E-state index contributed by atoms with van der Waals surface area (Å²) >= 11 is 0. The van der Waals surface area contributed by atoms with Crippen LogP contribution in [-0.2, 0) is 0 Å². The number of hydrogen-bond donors (Lipinski definition) is 0. The predicted octanol–water partition coefficient (Wildman–Crippen LogP) is 5.71. The molecule has 0 spiro atoms. The van der Waals surface area contributed by atoms with Gasteiger partial charge >= 0.3 is 0 Å². The molecule has 4 heteroatoms. The smallest absolute Gasteiger partial charge is 0.134 e. The van der Waals surface area contributed by atoms with Gasteiger partial charge in [0.05, 0.1) is 11.4 Å². The SMILES string of the molecule is C[Si](C)(C)N(N(c1ccccc1)c1ccccc1)[Si](C)(C)C. The van der Waals surface area contributed by atoms with E-state index in [1.165, 1.54) is 11.4 Å². The molecule has 0 bridgehead atoms. The molecule has 0 aliphatic rings. The van der Waals surface area contributed by atoms with E-state index in [-0.39, 0.29) is 0 Å². The van der Waals surface area contributed by atoms with Gasteiger partial charge in [0.1, 0.15) is 16.5 Å². The summed E-state index contributed by atoms with van der Waals surface area (Å²) in [7, 11) is -3.06. The minimum absolute atomic E-state index is 1.25. The van der Waals surface area contributed by atoms with Crippen molar-refractivity contribution in [3.05, 3.63) is 60.7 Å². The fraction of sp³-hybridized carbons (Fsp3) is 0.333. The van der Waals surface area contributed by atoms with Crippen molar-refractivity contribution in [2.24, 2.45) is 0 Å². The summed E-state index contributed by atoms with van der Waals surface area (Å²) in [6, 6.07) is 21.5. The Morgan fingerprint density at radius 2 is 0.864 bits per heavy atom. The van der Waals surface area contributed by atoms with Crippen LogP contribution in [0.2, 0.25) is 39.3 Å². The van der Waals surface area contributed by atoms with Crippen molar-refractivity contribution < 1.29 is 0 Å². The molecule has 22 heavy (non-hydrogen) atoms. The lowest BCUT2D eigenvalue weighted by atomic mass is 10.2. The lowest BCUT2D eigenvalue weighted by Crippen LogP contribution is -2.65. The summed E-state index contributed by atoms with van der Waals surface area (Å²) in [4.78, 5) is 0. The zero-order valence-electron chi connectivity index (χ0n) is 14.7. The van der Waals surface area contributed by atoms with Crippen LogP contribution >= 0.6 is 0 Å². The van der Waals surface area contributed by atoms with Crippen LogP contribution in [0.4, 0.5) is 11.4 Å². The molecule has 118 valence electrons. The Kier molecular flexibility index (Phi) is 4.95. The number of anilines is 2. The fourth-order valence-electron chi connectivity index (χ4n) is 3.12. The maximum Gasteiger partial charge on any atom is 0.134 e. The van der Waals surface area contributed by atoms with Crippen molar-refractivity contribution in [1.29, 1.82) is 0 Å². The fourth-order valence-corrected chi connectivity index (χ4v) is 12.8. The molecule has 0 aliphatic carbocycles. The molecule has 0 unspecified atom stereocenters. The number of hydrogen-bond acceptors (Lipinski definition) is 2. The molecule has 2 nitrogen and oxygen atoms in total. The van der Waals surface area contributed by atoms with Gasteiger partial charge in [-0.25, -0.2) is 0 Å². The van der Waals surface area contributed by atoms with Crippen LogP contribution in [0.3, 0.4) is 0 Å². The van der Waals surface area contributed by atoms with Crippen molar-refractivity contribution in [2.45, 2.75) is 39.3 Å². The van der Waals surface area contributed by atoms with Crippen LogP contribution in [-0.4, -0.2) is 20.8 Å². The summed E-state index contributed by atoms with van der Waals surface area (Å²) in [5, 5.41) is 2.46. The Morgan fingerprint density at radius 1 is 0.545 bits per heavy atom. The molecule has 0 radical (unpaired) electrons. The summed E-state index contributed by atoms with van der Waals surface area (Å²) in [6.45, 7) is 14.6. The number of benzene rings is 2. The van der Waals surface area contributed by atoms with Crippen LogP contribution in [0.5, 0.6) is 0 Å². The van der Waals surface area contributed by atoms with Gasteiger partial charge < -0.3 is 0 Å². The van der Waals surface area contributed by atoms with E-state index in [4.69, 9.17) is 0 Å². The molecular formula is C18H28N2Si2. The Bertz CT molecular complexity index is 532. The van der Waals surface area contributed by atoms with E-state index in [0.717, 1.165) is 0 Å². The van der Waals surface area contributed by atoms with E-state index in [9.17, 15) is 0 Å². The maximum absolute atomic E-state index is 2.73. The van der Waals surface area contributed by atoms with E-state index in [0.29, 0.717) is 0 Å². The van der Waals surface area contributed by atoms with Gasteiger partial charge in [0.2, 0.25) is 0 Å². The van der Waals surface area contributed by atoms with Gasteiger partial charge in [0.15, 0.2) is 0 Å². The van der Waals surface area contributed by atoms with Crippen LogP contribution in [0.25, 0.3) is 0 Å². The van der Waals surface area contributed by atoms with Crippen LogP contribution < -0.4 is 5.01 Å². The minimum atomic E-state index is -1.53. The Labute approximate surface area is 137 Å². The standard InChI is InChI=1S/C18H28N2Si2/c1-21(2,3)20(22(4,5)6)19(17-13-9-7-10-14-17)18-15-11-8-12-16-18/h7-16H,1-6H3. The van der Waals surface area contributed by atoms with Crippen molar-refractivity contribution in [1.82, 2.24) is 4.34 Å². The topological polar surface area (TPSA) is 6.48 Å². The number of hydrazine groups is 1. The van der Waals surface area contributed by atoms with Gasteiger partial charge in [0, 0.05) is 0 Å². The second kappa shape index (κ2) is 6.40. The van der Waals surface area contributed by atoms with Gasteiger partial charge in [-0.15, -0.1) is 0 Å². The number of rotatable bonds is 5. The average Bonchev–Trinajstić information content (AvgIpc) is 2.44. The third-order valence-corrected chi connectivity index (χ3v) is 10.4. The van der Waals surface area contributed by atoms with E-state index in [1.807, 2.05) is 0 Å². The highest BCUT2D eigenvalue weighted by molar-refractivity contribution is 6.89. The first-order valence-corrected chi connectivity index (χ1v) is 14.8. The maximum atomic E-state index is 2.73. The van der Waals surface area contributed by atoms with E-state index in [2.05, 4.69) is 109 Å². The predicted molar refractivity (Wildman–Crippen MR) is 104 cm³/mol. The van der Waals surface area contributed by atoms with Crippen molar-refractivity contribution >= 4 is 27.8 Å². The quantitative estimate of drug-likeness (QED) is 0.512. The van der Waals surface area contributed by atoms with Crippen LogP contribution in [0.1, 0.15) is 0 Å². The monoisotopic (exact) mass is 328 g/mol. The van der Waals surface area contributed by atoms with Gasteiger partial charge in [-0.1, -0.05) is 75.7 Å². The van der Waals surface area contributed by atoms with Crippen molar-refractivity contribution in [3.63, 3.8) is 0 Å². The molecule has 0 saturated heterocycles. The highest BCUT2D eigenvalue weighted by atomic mass is 28.4. The molecule has 0 N–H and O–H groups in total. The van der Waals surface area contributed by atoms with Crippen LogP contribution in [0, 0.1) is 0 Å². The second-order valence-corrected chi connectivity index (χ2v) is 17.6. The van der Waals surface area contributed by atoms with Gasteiger partial charge in [0.25, 0.3) is 0 Å².